The number of aliphatic imine (C=N–C) groups is 1. The molecule has 2 aromatic carbocycles. The average molecular weight is 471 g/mol. The normalized spacial score (nSPS) is 15.8. The number of anilines is 1. The number of carbonyl (C=O) groups excluding carboxylic acids is 3. The molecule has 6 N–H and O–H groups in total. The molecule has 1 aliphatic heterocycles. The first-order chi connectivity index (χ1) is 16.4. The van der Waals surface area contributed by atoms with Crippen LogP contribution in [-0.2, 0) is 20.9 Å². The van der Waals surface area contributed by atoms with Crippen LogP contribution < -0.4 is 27.0 Å². The molecular formula is C23H27FN6O4. The van der Waals surface area contributed by atoms with Crippen LogP contribution in [0.15, 0.2) is 59.6 Å². The van der Waals surface area contributed by atoms with Crippen LogP contribution in [0, 0.1) is 0 Å². The predicted octanol–water partition coefficient (Wildman–Crippen LogP) is 0.313. The summed E-state index contributed by atoms with van der Waals surface area (Å²) in [5, 5.41) is 10.8. The zero-order valence-corrected chi connectivity index (χ0v) is 18.4. The SMILES string of the molecule is N[C@@H](CNC(=O)CNC(=O)c1cccc(NC2=NCC(F)CN2)c1)C(=O)OCc1ccccc1. The Labute approximate surface area is 196 Å². The number of amides is 2. The van der Waals surface area contributed by atoms with Crippen molar-refractivity contribution in [2.75, 3.05) is 31.5 Å². The lowest BCUT2D eigenvalue weighted by Crippen LogP contribution is -2.46. The third kappa shape index (κ3) is 7.85. The van der Waals surface area contributed by atoms with E-state index >= 15 is 0 Å². The van der Waals surface area contributed by atoms with Crippen LogP contribution >= 0.6 is 0 Å². The van der Waals surface area contributed by atoms with Crippen molar-refractivity contribution < 1.29 is 23.5 Å². The van der Waals surface area contributed by atoms with Gasteiger partial charge < -0.3 is 31.7 Å². The van der Waals surface area contributed by atoms with E-state index < -0.39 is 30.0 Å². The summed E-state index contributed by atoms with van der Waals surface area (Å²) in [5.74, 6) is -1.19. The summed E-state index contributed by atoms with van der Waals surface area (Å²) in [4.78, 5) is 40.4. The number of rotatable bonds is 9. The molecule has 1 unspecified atom stereocenters. The number of nitrogens with two attached hydrogens (primary N) is 1. The van der Waals surface area contributed by atoms with Crippen LogP contribution in [0.5, 0.6) is 0 Å². The largest absolute Gasteiger partial charge is 0.460 e. The van der Waals surface area contributed by atoms with Crippen LogP contribution in [0.4, 0.5) is 10.1 Å². The van der Waals surface area contributed by atoms with Gasteiger partial charge in [-0.2, -0.15) is 0 Å². The lowest BCUT2D eigenvalue weighted by Gasteiger charge is -2.18. The molecule has 11 heteroatoms. The molecule has 3 rings (SSSR count). The smallest absolute Gasteiger partial charge is 0.325 e. The quantitative estimate of drug-likeness (QED) is 0.332. The molecule has 2 aromatic rings. The third-order valence-corrected chi connectivity index (χ3v) is 4.78. The number of hydrogen-bond acceptors (Lipinski definition) is 8. The van der Waals surface area contributed by atoms with E-state index in [2.05, 4.69) is 26.3 Å². The van der Waals surface area contributed by atoms with Gasteiger partial charge in [0.15, 0.2) is 5.96 Å². The van der Waals surface area contributed by atoms with E-state index in [0.29, 0.717) is 17.2 Å². The number of halogens is 1. The summed E-state index contributed by atoms with van der Waals surface area (Å²) in [6.07, 6.45) is -1.02. The highest BCUT2D eigenvalue weighted by molar-refractivity contribution is 5.99. The summed E-state index contributed by atoms with van der Waals surface area (Å²) < 4.78 is 18.3. The van der Waals surface area contributed by atoms with Crippen molar-refractivity contribution in [1.29, 1.82) is 0 Å². The summed E-state index contributed by atoms with van der Waals surface area (Å²) in [7, 11) is 0. The Morgan fingerprint density at radius 1 is 1.15 bits per heavy atom. The molecular weight excluding hydrogens is 443 g/mol. The number of hydrogen-bond donors (Lipinski definition) is 5. The van der Waals surface area contributed by atoms with Gasteiger partial charge in [0.05, 0.1) is 19.6 Å². The van der Waals surface area contributed by atoms with Crippen molar-refractivity contribution in [2.45, 2.75) is 18.8 Å². The van der Waals surface area contributed by atoms with E-state index in [1.807, 2.05) is 30.3 Å². The predicted molar refractivity (Wildman–Crippen MR) is 125 cm³/mol. The number of benzene rings is 2. The Kier molecular flexibility index (Phi) is 8.92. The molecule has 10 nitrogen and oxygen atoms in total. The van der Waals surface area contributed by atoms with E-state index in [0.717, 1.165) is 5.56 Å². The minimum Gasteiger partial charge on any atom is -0.460 e. The highest BCUT2D eigenvalue weighted by atomic mass is 19.1. The van der Waals surface area contributed by atoms with Crippen molar-refractivity contribution >= 4 is 29.4 Å². The van der Waals surface area contributed by atoms with Crippen molar-refractivity contribution in [3.8, 4) is 0 Å². The highest BCUT2D eigenvalue weighted by Gasteiger charge is 2.17. The molecule has 0 aliphatic carbocycles. The van der Waals surface area contributed by atoms with Gasteiger partial charge in [-0.1, -0.05) is 36.4 Å². The van der Waals surface area contributed by atoms with Gasteiger partial charge in [-0.3, -0.25) is 14.4 Å². The maximum Gasteiger partial charge on any atom is 0.325 e. The van der Waals surface area contributed by atoms with E-state index in [4.69, 9.17) is 10.5 Å². The Balaban J connectivity index is 1.38. The van der Waals surface area contributed by atoms with E-state index in [1.54, 1.807) is 24.3 Å². The molecule has 0 bridgehead atoms. The van der Waals surface area contributed by atoms with Gasteiger partial charge in [0.2, 0.25) is 5.91 Å². The maximum atomic E-state index is 13.1. The van der Waals surface area contributed by atoms with Gasteiger partial charge in [0.25, 0.3) is 5.91 Å². The Morgan fingerprint density at radius 3 is 2.68 bits per heavy atom. The molecule has 2 amide bonds. The fourth-order valence-corrected chi connectivity index (χ4v) is 2.94. The number of alkyl halides is 1. The van der Waals surface area contributed by atoms with Gasteiger partial charge in [-0.25, -0.2) is 9.38 Å². The fourth-order valence-electron chi connectivity index (χ4n) is 2.94. The lowest BCUT2D eigenvalue weighted by atomic mass is 10.2. The van der Waals surface area contributed by atoms with Gasteiger partial charge in [-0.05, 0) is 23.8 Å². The summed E-state index contributed by atoms with van der Waals surface area (Å²) >= 11 is 0. The molecule has 0 fully saturated rings. The van der Waals surface area contributed by atoms with Crippen LogP contribution in [0.1, 0.15) is 15.9 Å². The summed E-state index contributed by atoms with van der Waals surface area (Å²) in [6, 6.07) is 14.7. The Bertz CT molecular complexity index is 1030. The van der Waals surface area contributed by atoms with Crippen molar-refractivity contribution in [3.63, 3.8) is 0 Å². The third-order valence-electron chi connectivity index (χ3n) is 4.78. The first-order valence-electron chi connectivity index (χ1n) is 10.7. The second-order valence-corrected chi connectivity index (χ2v) is 7.56. The number of ether oxygens (including phenoxy) is 1. The zero-order chi connectivity index (χ0) is 24.3. The zero-order valence-electron chi connectivity index (χ0n) is 18.4. The monoisotopic (exact) mass is 470 g/mol. The molecule has 1 aliphatic rings. The number of esters is 1. The van der Waals surface area contributed by atoms with Gasteiger partial charge in [0.1, 0.15) is 18.8 Å². The van der Waals surface area contributed by atoms with Crippen molar-refractivity contribution in [1.82, 2.24) is 16.0 Å². The van der Waals surface area contributed by atoms with Crippen molar-refractivity contribution in [2.24, 2.45) is 10.7 Å². The Morgan fingerprint density at radius 2 is 1.94 bits per heavy atom. The van der Waals surface area contributed by atoms with Gasteiger partial charge in [0, 0.05) is 17.8 Å². The average Bonchev–Trinajstić information content (AvgIpc) is 2.86. The Hall–Kier alpha value is -3.99. The van der Waals surface area contributed by atoms with Crippen LogP contribution in [0.3, 0.4) is 0 Å². The molecule has 180 valence electrons. The number of carbonyl (C=O) groups is 3. The molecule has 0 radical (unpaired) electrons. The molecule has 1 heterocycles. The molecule has 0 aromatic heterocycles. The van der Waals surface area contributed by atoms with Gasteiger partial charge >= 0.3 is 5.97 Å². The van der Waals surface area contributed by atoms with Crippen LogP contribution in [-0.4, -0.2) is 62.1 Å². The van der Waals surface area contributed by atoms with E-state index in [9.17, 15) is 18.8 Å². The number of nitrogens with zero attached hydrogens (tertiary/aromatic N) is 1. The number of guanidine groups is 1. The summed E-state index contributed by atoms with van der Waals surface area (Å²) in [6.45, 7) is -0.107. The molecule has 0 spiro atoms. The molecule has 34 heavy (non-hydrogen) atoms. The van der Waals surface area contributed by atoms with E-state index in [1.165, 1.54) is 0 Å². The topological polar surface area (TPSA) is 147 Å². The molecule has 2 atom stereocenters. The van der Waals surface area contributed by atoms with Crippen LogP contribution in [0.25, 0.3) is 0 Å². The maximum absolute atomic E-state index is 13.1. The first-order valence-corrected chi connectivity index (χ1v) is 10.7. The first kappa shape index (κ1) is 24.6. The summed E-state index contributed by atoms with van der Waals surface area (Å²) in [5.41, 5.74) is 7.49. The second kappa shape index (κ2) is 12.3. The number of nitrogens with one attached hydrogen (secondary N) is 4. The second-order valence-electron chi connectivity index (χ2n) is 7.56. The fraction of sp³-hybridized carbons (Fsp3) is 0.304. The lowest BCUT2D eigenvalue weighted by molar-refractivity contribution is -0.146. The minimum absolute atomic E-state index is 0.0685. The molecule has 0 saturated heterocycles. The minimum atomic E-state index is -1.03. The highest BCUT2D eigenvalue weighted by Crippen LogP contribution is 2.11. The van der Waals surface area contributed by atoms with Crippen LogP contribution in [0.2, 0.25) is 0 Å². The van der Waals surface area contributed by atoms with E-state index in [-0.39, 0.29) is 32.8 Å². The standard InChI is InChI=1S/C23H27FN6O4/c24-17-10-28-23(29-11-17)30-18-8-4-7-16(9-18)21(32)27-13-20(31)26-12-19(25)22(33)34-14-15-5-2-1-3-6-15/h1-9,17,19H,10-14,25H2,(H,26,31)(H,27,32)(H2,28,29,30)/t19-/m0/s1. The van der Waals surface area contributed by atoms with Gasteiger partial charge in [-0.15, -0.1) is 0 Å². The van der Waals surface area contributed by atoms with Crippen molar-refractivity contribution in [3.05, 3.63) is 65.7 Å². The molecule has 0 saturated carbocycles.